The molecule has 17 nitrogen and oxygen atoms in total. The lowest BCUT2D eigenvalue weighted by Crippen LogP contribution is -2.30. The van der Waals surface area contributed by atoms with Crippen LogP contribution in [-0.4, -0.2) is 96.7 Å². The predicted molar refractivity (Wildman–Crippen MR) is 483 cm³/mol. The van der Waals surface area contributed by atoms with E-state index < -0.39 is 97.5 Å². The molecule has 0 fully saturated rings. The van der Waals surface area contributed by atoms with E-state index in [1.165, 1.54) is 347 Å². The summed E-state index contributed by atoms with van der Waals surface area (Å²) in [6.45, 7) is 9.81. The van der Waals surface area contributed by atoms with Crippen LogP contribution < -0.4 is 0 Å². The average molecular weight is 1690 g/mol. The first kappa shape index (κ1) is 114. The van der Waals surface area contributed by atoms with Crippen molar-refractivity contribution in [1.29, 1.82) is 0 Å². The van der Waals surface area contributed by atoms with E-state index >= 15 is 0 Å². The second-order valence-corrected chi connectivity index (χ2v) is 38.7. The smallest absolute Gasteiger partial charge is 0.462 e. The number of ether oxygens (including phenoxy) is 4. The number of carbonyl (C=O) groups excluding carboxylic acids is 4. The number of aliphatic hydroxyl groups excluding tert-OH is 1. The van der Waals surface area contributed by atoms with Crippen molar-refractivity contribution in [2.45, 2.75) is 548 Å². The molecule has 0 bridgehead atoms. The van der Waals surface area contributed by atoms with E-state index in [1.54, 1.807) is 0 Å². The van der Waals surface area contributed by atoms with Gasteiger partial charge < -0.3 is 33.8 Å². The van der Waals surface area contributed by atoms with Gasteiger partial charge in [0.2, 0.25) is 0 Å². The number of phosphoric ester groups is 2. The molecule has 0 aromatic carbocycles. The fraction of sp³-hybridized carbons (Fsp3) is 0.959. The van der Waals surface area contributed by atoms with Gasteiger partial charge in [0.15, 0.2) is 12.2 Å². The maximum atomic E-state index is 13.2. The molecule has 0 radical (unpaired) electrons. The first-order valence-corrected chi connectivity index (χ1v) is 53.0. The van der Waals surface area contributed by atoms with Crippen molar-refractivity contribution >= 4 is 39.5 Å². The molecule has 0 aliphatic carbocycles. The summed E-state index contributed by atoms with van der Waals surface area (Å²) in [5.41, 5.74) is 0. The number of rotatable bonds is 96. The maximum Gasteiger partial charge on any atom is 0.472 e. The Balaban J connectivity index is 5.23. The van der Waals surface area contributed by atoms with E-state index in [0.717, 1.165) is 102 Å². The van der Waals surface area contributed by atoms with Gasteiger partial charge in [-0.2, -0.15) is 0 Å². The highest BCUT2D eigenvalue weighted by molar-refractivity contribution is 7.47. The number of carbonyl (C=O) groups is 4. The first-order chi connectivity index (χ1) is 56.4. The Kier molecular flexibility index (Phi) is 86.5. The molecule has 0 aliphatic heterocycles. The van der Waals surface area contributed by atoms with Crippen LogP contribution in [0.5, 0.6) is 0 Å². The Morgan fingerprint density at radius 2 is 0.397 bits per heavy atom. The molecule has 0 saturated heterocycles. The number of unbranched alkanes of at least 4 members (excludes halogenated alkanes) is 66. The molecule has 0 aromatic heterocycles. The Labute approximate surface area is 715 Å². The molecule has 0 saturated carbocycles. The van der Waals surface area contributed by atoms with Crippen LogP contribution in [0.15, 0.2) is 0 Å². The van der Waals surface area contributed by atoms with E-state index in [0.29, 0.717) is 25.7 Å². The molecule has 116 heavy (non-hydrogen) atoms. The Morgan fingerprint density at radius 1 is 0.233 bits per heavy atom. The lowest BCUT2D eigenvalue weighted by Gasteiger charge is -2.21. The van der Waals surface area contributed by atoms with Crippen LogP contribution in [0.2, 0.25) is 0 Å². The molecule has 2 unspecified atom stereocenters. The second-order valence-electron chi connectivity index (χ2n) is 35.8. The normalized spacial score (nSPS) is 13.6. The average Bonchev–Trinajstić information content (AvgIpc) is 0.897. The standard InChI is InChI=1S/C97H190O17P2/c1-7-9-11-13-15-17-19-21-22-23-24-25-26-27-35-40-45-51-57-63-69-75-81-97(102)114-93(86-108-95(100)80-74-68-62-56-50-44-39-34-30-28-32-37-42-47-53-59-65-71-77-89(3)4)88-112-116(105,106)110-84-91(98)83-109-115(103,104)111-87-92(85-107-94(99)79-73-67-61-55-49-20-18-16-14-12-10-8-2)113-96(101)82-76-70-64-58-52-46-41-36-31-29-33-38-43-48-54-60-66-72-78-90(5)6/h89-93,98H,7-88H2,1-6H3,(H,103,104)(H,105,106)/t91-,92+,93+/m0/s1. The van der Waals surface area contributed by atoms with Crippen molar-refractivity contribution in [2.75, 3.05) is 39.6 Å². The van der Waals surface area contributed by atoms with Crippen LogP contribution in [0.25, 0.3) is 0 Å². The SMILES string of the molecule is CCCCCCCCCCCCCCCCCCCCCCCCC(=O)O[C@H](COC(=O)CCCCCCCCCCCCCCCCCCCCC(C)C)COP(=O)(O)OC[C@@H](O)COP(=O)(O)OC[C@@H](COC(=O)CCCCCCCCCCCCCC)OC(=O)CCCCCCCCCCCCCCCCCCCCC(C)C. The summed E-state index contributed by atoms with van der Waals surface area (Å²) in [7, 11) is -9.94. The third kappa shape index (κ3) is 89.8. The molecule has 0 amide bonds. The lowest BCUT2D eigenvalue weighted by molar-refractivity contribution is -0.161. The number of aliphatic hydroxyl groups is 1. The zero-order valence-corrected chi connectivity index (χ0v) is 78.6. The number of hydrogen-bond acceptors (Lipinski definition) is 15. The minimum atomic E-state index is -4.97. The third-order valence-electron chi connectivity index (χ3n) is 23.0. The van der Waals surface area contributed by atoms with E-state index in [-0.39, 0.29) is 25.7 Å². The Hall–Kier alpha value is -1.94. The van der Waals surface area contributed by atoms with Crippen molar-refractivity contribution in [1.82, 2.24) is 0 Å². The first-order valence-electron chi connectivity index (χ1n) is 50.0. The van der Waals surface area contributed by atoms with Crippen molar-refractivity contribution < 1.29 is 80.2 Å². The van der Waals surface area contributed by atoms with Crippen molar-refractivity contribution in [3.8, 4) is 0 Å². The topological polar surface area (TPSA) is 237 Å². The van der Waals surface area contributed by atoms with Gasteiger partial charge in [0.25, 0.3) is 0 Å². The second kappa shape index (κ2) is 87.9. The highest BCUT2D eigenvalue weighted by atomic mass is 31.2. The van der Waals surface area contributed by atoms with E-state index in [9.17, 15) is 43.2 Å². The molecule has 5 atom stereocenters. The summed E-state index contributed by atoms with van der Waals surface area (Å²) >= 11 is 0. The summed E-state index contributed by atoms with van der Waals surface area (Å²) < 4.78 is 69.3. The quantitative estimate of drug-likeness (QED) is 0.0222. The summed E-state index contributed by atoms with van der Waals surface area (Å²) in [5, 5.41) is 10.7. The molecular formula is C97H190O17P2. The van der Waals surface area contributed by atoms with Crippen molar-refractivity contribution in [3.63, 3.8) is 0 Å². The van der Waals surface area contributed by atoms with Gasteiger partial charge in [0, 0.05) is 25.7 Å². The number of esters is 4. The van der Waals surface area contributed by atoms with Crippen LogP contribution in [0.1, 0.15) is 530 Å². The minimum absolute atomic E-state index is 0.109. The summed E-state index contributed by atoms with van der Waals surface area (Å²) in [5.74, 6) is -0.444. The minimum Gasteiger partial charge on any atom is -0.462 e. The van der Waals surface area contributed by atoms with Gasteiger partial charge >= 0.3 is 39.5 Å². The molecule has 19 heteroatoms. The number of hydrogen-bond donors (Lipinski definition) is 3. The Morgan fingerprint density at radius 3 is 0.586 bits per heavy atom. The zero-order chi connectivity index (χ0) is 84.8. The maximum absolute atomic E-state index is 13.2. The summed E-state index contributed by atoms with van der Waals surface area (Å²) in [6.07, 6.45) is 84.9. The van der Waals surface area contributed by atoms with Gasteiger partial charge in [-0.15, -0.1) is 0 Å². The van der Waals surface area contributed by atoms with Crippen LogP contribution in [0.3, 0.4) is 0 Å². The highest BCUT2D eigenvalue weighted by Gasteiger charge is 2.31. The van der Waals surface area contributed by atoms with Gasteiger partial charge in [0.05, 0.1) is 26.4 Å². The van der Waals surface area contributed by atoms with Gasteiger partial charge in [-0.25, -0.2) is 9.13 Å². The number of phosphoric acid groups is 2. The zero-order valence-electron chi connectivity index (χ0n) is 76.8. The molecule has 0 rings (SSSR count). The monoisotopic (exact) mass is 1690 g/mol. The van der Waals surface area contributed by atoms with Gasteiger partial charge in [-0.05, 0) is 37.5 Å². The van der Waals surface area contributed by atoms with Crippen LogP contribution >= 0.6 is 15.6 Å². The molecule has 690 valence electrons. The Bertz CT molecular complexity index is 2200. The van der Waals surface area contributed by atoms with Crippen LogP contribution in [0.4, 0.5) is 0 Å². The molecule has 0 heterocycles. The van der Waals surface area contributed by atoms with Gasteiger partial charge in [-0.3, -0.25) is 37.3 Å². The third-order valence-corrected chi connectivity index (χ3v) is 24.9. The summed E-state index contributed by atoms with van der Waals surface area (Å²) in [4.78, 5) is 73.6. The van der Waals surface area contributed by atoms with Crippen molar-refractivity contribution in [3.05, 3.63) is 0 Å². The van der Waals surface area contributed by atoms with E-state index in [2.05, 4.69) is 41.5 Å². The largest absolute Gasteiger partial charge is 0.472 e. The highest BCUT2D eigenvalue weighted by Crippen LogP contribution is 2.45. The van der Waals surface area contributed by atoms with Crippen LogP contribution in [0, 0.1) is 11.8 Å². The van der Waals surface area contributed by atoms with E-state index in [1.807, 2.05) is 0 Å². The molecule has 0 aromatic rings. The fourth-order valence-electron chi connectivity index (χ4n) is 15.4. The van der Waals surface area contributed by atoms with E-state index in [4.69, 9.17) is 37.0 Å². The molecule has 0 aliphatic rings. The summed E-state index contributed by atoms with van der Waals surface area (Å²) in [6, 6.07) is 0. The predicted octanol–water partition coefficient (Wildman–Crippen LogP) is 30.5. The lowest BCUT2D eigenvalue weighted by atomic mass is 10.0. The molecule has 3 N–H and O–H groups in total. The fourth-order valence-corrected chi connectivity index (χ4v) is 16.9. The molecule has 0 spiro atoms. The van der Waals surface area contributed by atoms with Crippen molar-refractivity contribution in [2.24, 2.45) is 11.8 Å². The van der Waals surface area contributed by atoms with Gasteiger partial charge in [-0.1, -0.05) is 478 Å². The van der Waals surface area contributed by atoms with Gasteiger partial charge in [0.1, 0.15) is 19.3 Å². The molecular weight excluding hydrogens is 1500 g/mol. The van der Waals surface area contributed by atoms with Crippen LogP contribution in [-0.2, 0) is 65.4 Å².